The summed E-state index contributed by atoms with van der Waals surface area (Å²) in [7, 11) is 0. The van der Waals surface area contributed by atoms with Crippen molar-refractivity contribution in [3.63, 3.8) is 0 Å². The van der Waals surface area contributed by atoms with Gasteiger partial charge < -0.3 is 5.11 Å². The Balaban J connectivity index is 1.74. The number of nitrogens with zero attached hydrogens (tertiary/aromatic N) is 2. The van der Waals surface area contributed by atoms with E-state index in [0.29, 0.717) is 6.04 Å². The van der Waals surface area contributed by atoms with Crippen LogP contribution in [-0.2, 0) is 6.54 Å². The summed E-state index contributed by atoms with van der Waals surface area (Å²) >= 11 is 1.76. The highest BCUT2D eigenvalue weighted by Gasteiger charge is 2.27. The number of likely N-dealkylation sites (tertiary alicyclic amines) is 1. The summed E-state index contributed by atoms with van der Waals surface area (Å²) in [5, 5.41) is 10.7. The minimum Gasteiger partial charge on any atom is -0.395 e. The first-order chi connectivity index (χ1) is 10.3. The minimum atomic E-state index is 0.251. The fraction of sp³-hybridized carbons (Fsp3) is 0.471. The van der Waals surface area contributed by atoms with Crippen molar-refractivity contribution in [2.24, 2.45) is 0 Å². The molecule has 112 valence electrons. The maximum absolute atomic E-state index is 9.58. The van der Waals surface area contributed by atoms with Crippen LogP contribution in [0.1, 0.15) is 31.2 Å². The molecule has 4 heteroatoms. The second-order valence-corrected chi connectivity index (χ2v) is 6.89. The predicted molar refractivity (Wildman–Crippen MR) is 87.3 cm³/mol. The maximum Gasteiger partial charge on any atom is 0.107 e. The third kappa shape index (κ3) is 3.34. The van der Waals surface area contributed by atoms with Gasteiger partial charge in [0.15, 0.2) is 0 Å². The van der Waals surface area contributed by atoms with E-state index in [0.717, 1.165) is 18.0 Å². The molecule has 2 aromatic rings. The average Bonchev–Trinajstić information content (AvgIpc) is 2.99. The van der Waals surface area contributed by atoms with Gasteiger partial charge in [0.1, 0.15) is 5.01 Å². The quantitative estimate of drug-likeness (QED) is 0.938. The molecule has 1 aromatic heterocycles. The minimum absolute atomic E-state index is 0.251. The number of piperidine rings is 1. The molecule has 1 fully saturated rings. The van der Waals surface area contributed by atoms with Crippen molar-refractivity contribution < 1.29 is 5.11 Å². The number of aliphatic hydroxyl groups is 1. The Kier molecular flexibility index (Phi) is 4.68. The predicted octanol–water partition coefficient (Wildman–Crippen LogP) is 3.55. The molecule has 2 atom stereocenters. The maximum atomic E-state index is 9.58. The number of hydrogen-bond donors (Lipinski definition) is 1. The molecule has 0 radical (unpaired) electrons. The smallest absolute Gasteiger partial charge is 0.107 e. The Morgan fingerprint density at radius 2 is 2.10 bits per heavy atom. The van der Waals surface area contributed by atoms with Crippen LogP contribution in [0.2, 0.25) is 0 Å². The van der Waals surface area contributed by atoms with Crippen molar-refractivity contribution >= 4 is 11.3 Å². The second kappa shape index (κ2) is 6.69. The molecule has 0 aliphatic carbocycles. The van der Waals surface area contributed by atoms with E-state index in [4.69, 9.17) is 0 Å². The van der Waals surface area contributed by atoms with Crippen molar-refractivity contribution in [2.75, 3.05) is 6.61 Å². The summed E-state index contributed by atoms with van der Waals surface area (Å²) in [6.45, 7) is 3.36. The Labute approximate surface area is 130 Å². The molecule has 1 saturated heterocycles. The van der Waals surface area contributed by atoms with Crippen molar-refractivity contribution in [3.8, 4) is 10.4 Å². The van der Waals surface area contributed by atoms with Gasteiger partial charge in [0, 0.05) is 18.3 Å². The van der Waals surface area contributed by atoms with Gasteiger partial charge in [0.25, 0.3) is 0 Å². The molecule has 2 unspecified atom stereocenters. The third-order valence-electron chi connectivity index (χ3n) is 4.33. The molecule has 0 spiro atoms. The molecular formula is C17H22N2OS. The van der Waals surface area contributed by atoms with Crippen LogP contribution in [0.5, 0.6) is 0 Å². The number of rotatable bonds is 4. The summed E-state index contributed by atoms with van der Waals surface area (Å²) in [6.07, 6.45) is 5.50. The summed E-state index contributed by atoms with van der Waals surface area (Å²) in [4.78, 5) is 8.22. The molecule has 0 amide bonds. The normalized spacial score (nSPS) is 23.3. The van der Waals surface area contributed by atoms with Crippen LogP contribution < -0.4 is 0 Å². The molecule has 1 aliphatic heterocycles. The lowest BCUT2D eigenvalue weighted by Gasteiger charge is -2.39. The molecule has 0 saturated carbocycles. The highest BCUT2D eigenvalue weighted by Crippen LogP contribution is 2.29. The van der Waals surface area contributed by atoms with Gasteiger partial charge in [0.05, 0.1) is 18.0 Å². The summed E-state index contributed by atoms with van der Waals surface area (Å²) in [6, 6.07) is 11.2. The van der Waals surface area contributed by atoms with E-state index in [-0.39, 0.29) is 12.6 Å². The lowest BCUT2D eigenvalue weighted by atomic mass is 9.97. The monoisotopic (exact) mass is 302 g/mol. The Morgan fingerprint density at radius 1 is 1.29 bits per heavy atom. The highest BCUT2D eigenvalue weighted by molar-refractivity contribution is 7.15. The number of benzene rings is 1. The van der Waals surface area contributed by atoms with Crippen molar-refractivity contribution in [1.82, 2.24) is 9.88 Å². The van der Waals surface area contributed by atoms with Crippen LogP contribution in [0.4, 0.5) is 0 Å². The zero-order valence-electron chi connectivity index (χ0n) is 12.4. The van der Waals surface area contributed by atoms with Gasteiger partial charge in [-0.05, 0) is 25.3 Å². The first-order valence-corrected chi connectivity index (χ1v) is 8.46. The molecule has 1 aliphatic rings. The van der Waals surface area contributed by atoms with E-state index in [1.807, 2.05) is 12.3 Å². The van der Waals surface area contributed by atoms with Crippen molar-refractivity contribution in [2.45, 2.75) is 44.8 Å². The van der Waals surface area contributed by atoms with E-state index < -0.39 is 0 Å². The van der Waals surface area contributed by atoms with E-state index in [2.05, 4.69) is 41.1 Å². The van der Waals surface area contributed by atoms with E-state index in [1.165, 1.54) is 23.3 Å². The van der Waals surface area contributed by atoms with Gasteiger partial charge in [-0.15, -0.1) is 11.3 Å². The van der Waals surface area contributed by atoms with Crippen molar-refractivity contribution in [1.29, 1.82) is 0 Å². The molecule has 0 bridgehead atoms. The summed E-state index contributed by atoms with van der Waals surface area (Å²) < 4.78 is 0. The van der Waals surface area contributed by atoms with Gasteiger partial charge >= 0.3 is 0 Å². The molecule has 2 heterocycles. The number of thiazole rings is 1. The summed E-state index contributed by atoms with van der Waals surface area (Å²) in [5.74, 6) is 0. The van der Waals surface area contributed by atoms with E-state index in [9.17, 15) is 5.11 Å². The largest absolute Gasteiger partial charge is 0.395 e. The van der Waals surface area contributed by atoms with Crippen LogP contribution in [0.15, 0.2) is 36.5 Å². The van der Waals surface area contributed by atoms with Gasteiger partial charge in [0.2, 0.25) is 0 Å². The average molecular weight is 302 g/mol. The lowest BCUT2D eigenvalue weighted by Crippen LogP contribution is -2.46. The molecular weight excluding hydrogens is 280 g/mol. The van der Waals surface area contributed by atoms with Crippen LogP contribution in [0.3, 0.4) is 0 Å². The zero-order valence-corrected chi connectivity index (χ0v) is 13.2. The molecule has 1 N–H and O–H groups in total. The van der Waals surface area contributed by atoms with Gasteiger partial charge in [-0.3, -0.25) is 4.90 Å². The molecule has 3 rings (SSSR count). The van der Waals surface area contributed by atoms with Crippen LogP contribution in [0, 0.1) is 0 Å². The molecule has 1 aromatic carbocycles. The van der Waals surface area contributed by atoms with Gasteiger partial charge in [-0.25, -0.2) is 4.98 Å². The first kappa shape index (κ1) is 14.7. The van der Waals surface area contributed by atoms with E-state index in [1.54, 1.807) is 11.3 Å². The Hall–Kier alpha value is -1.23. The van der Waals surface area contributed by atoms with E-state index >= 15 is 0 Å². The van der Waals surface area contributed by atoms with Crippen LogP contribution >= 0.6 is 11.3 Å². The van der Waals surface area contributed by atoms with Crippen LogP contribution in [0.25, 0.3) is 10.4 Å². The highest BCUT2D eigenvalue weighted by atomic mass is 32.1. The number of aliphatic hydroxyl groups excluding tert-OH is 1. The van der Waals surface area contributed by atoms with Gasteiger partial charge in [-0.1, -0.05) is 36.8 Å². The number of hydrogen-bond acceptors (Lipinski definition) is 4. The zero-order chi connectivity index (χ0) is 14.7. The van der Waals surface area contributed by atoms with Crippen LogP contribution in [-0.4, -0.2) is 33.7 Å². The van der Waals surface area contributed by atoms with Gasteiger partial charge in [-0.2, -0.15) is 0 Å². The molecule has 21 heavy (non-hydrogen) atoms. The Bertz CT molecular complexity index is 569. The first-order valence-electron chi connectivity index (χ1n) is 7.64. The SMILES string of the molecule is CC1CCCC(CO)N1Cc1ncc(-c2ccccc2)s1. The standard InChI is InChI=1S/C17H22N2OS/c1-13-6-5-9-15(12-20)19(13)11-17-18-10-16(21-17)14-7-3-2-4-8-14/h2-4,7-8,10,13,15,20H,5-6,9,11-12H2,1H3. The lowest BCUT2D eigenvalue weighted by molar-refractivity contribution is 0.0451. The van der Waals surface area contributed by atoms with Crippen molar-refractivity contribution in [3.05, 3.63) is 41.5 Å². The number of aromatic nitrogens is 1. The Morgan fingerprint density at radius 3 is 2.86 bits per heavy atom. The summed E-state index contributed by atoms with van der Waals surface area (Å²) in [5.41, 5.74) is 1.23. The fourth-order valence-electron chi connectivity index (χ4n) is 3.10. The topological polar surface area (TPSA) is 36.4 Å². The second-order valence-electron chi connectivity index (χ2n) is 5.77. The fourth-order valence-corrected chi connectivity index (χ4v) is 4.03. The third-order valence-corrected chi connectivity index (χ3v) is 5.37. The molecule has 3 nitrogen and oxygen atoms in total.